The molecule has 0 spiro atoms. The molecule has 62 valence electrons. The maximum absolute atomic E-state index is 5.84. The second-order valence-electron chi connectivity index (χ2n) is 3.10. The third-order valence-corrected chi connectivity index (χ3v) is 1.72. The molecule has 1 aromatic heterocycles. The first-order valence-electron chi connectivity index (χ1n) is 3.74. The standard InChI is InChI=1S/C8H10N4/c1-8(9)3-2-6-7(10-4-8)12-5-11-6/h2-5H,9H2,1H3,(H,11,12). The van der Waals surface area contributed by atoms with Crippen molar-refractivity contribution in [3.63, 3.8) is 0 Å². The fourth-order valence-electron chi connectivity index (χ4n) is 1.03. The van der Waals surface area contributed by atoms with Gasteiger partial charge in [-0.15, -0.1) is 0 Å². The molecular weight excluding hydrogens is 152 g/mol. The van der Waals surface area contributed by atoms with Crippen LogP contribution in [0.4, 0.5) is 5.82 Å². The second kappa shape index (κ2) is 2.28. The lowest BCUT2D eigenvalue weighted by Gasteiger charge is -2.10. The van der Waals surface area contributed by atoms with Crippen LogP contribution in [0.3, 0.4) is 0 Å². The van der Waals surface area contributed by atoms with Gasteiger partial charge >= 0.3 is 0 Å². The zero-order valence-corrected chi connectivity index (χ0v) is 6.78. The molecule has 0 fully saturated rings. The third-order valence-electron chi connectivity index (χ3n) is 1.72. The first-order chi connectivity index (χ1) is 5.67. The Labute approximate surface area is 70.2 Å². The Morgan fingerprint density at radius 2 is 2.42 bits per heavy atom. The molecule has 12 heavy (non-hydrogen) atoms. The van der Waals surface area contributed by atoms with Gasteiger partial charge < -0.3 is 10.7 Å². The molecule has 2 heterocycles. The highest BCUT2D eigenvalue weighted by Gasteiger charge is 2.14. The van der Waals surface area contributed by atoms with Gasteiger partial charge in [0.05, 0.1) is 17.6 Å². The SMILES string of the molecule is CC1(N)C=Cc2[nH]cnc2N=C1. The molecule has 1 aliphatic rings. The summed E-state index contributed by atoms with van der Waals surface area (Å²) >= 11 is 0. The first-order valence-corrected chi connectivity index (χ1v) is 3.74. The molecule has 4 heteroatoms. The van der Waals surface area contributed by atoms with E-state index < -0.39 is 5.54 Å². The number of H-pyrrole nitrogens is 1. The van der Waals surface area contributed by atoms with Crippen molar-refractivity contribution < 1.29 is 0 Å². The maximum atomic E-state index is 5.84. The Morgan fingerprint density at radius 3 is 3.25 bits per heavy atom. The largest absolute Gasteiger partial charge is 0.343 e. The highest BCUT2D eigenvalue weighted by atomic mass is 15.0. The summed E-state index contributed by atoms with van der Waals surface area (Å²) in [6.45, 7) is 1.89. The molecular formula is C8H10N4. The molecule has 0 saturated carbocycles. The number of nitrogens with zero attached hydrogens (tertiary/aromatic N) is 2. The number of hydrogen-bond acceptors (Lipinski definition) is 3. The lowest BCUT2D eigenvalue weighted by molar-refractivity contribution is 0.805. The van der Waals surface area contributed by atoms with Gasteiger partial charge in [-0.05, 0) is 13.0 Å². The van der Waals surface area contributed by atoms with E-state index >= 15 is 0 Å². The van der Waals surface area contributed by atoms with Gasteiger partial charge in [-0.1, -0.05) is 6.08 Å². The van der Waals surface area contributed by atoms with Gasteiger partial charge in [0.2, 0.25) is 0 Å². The van der Waals surface area contributed by atoms with Crippen LogP contribution < -0.4 is 5.73 Å². The Balaban J connectivity index is 2.49. The molecule has 1 aliphatic heterocycles. The third kappa shape index (κ3) is 1.16. The predicted octanol–water partition coefficient (Wildman–Crippen LogP) is 0.856. The Kier molecular flexibility index (Phi) is 1.38. The van der Waals surface area contributed by atoms with Crippen LogP contribution in [0, 0.1) is 0 Å². The minimum atomic E-state index is -0.471. The normalized spacial score (nSPS) is 26.8. The van der Waals surface area contributed by atoms with Gasteiger partial charge in [0.15, 0.2) is 5.82 Å². The summed E-state index contributed by atoms with van der Waals surface area (Å²) in [5.74, 6) is 0.695. The minimum absolute atomic E-state index is 0.471. The topological polar surface area (TPSA) is 67.1 Å². The number of aromatic amines is 1. The summed E-state index contributed by atoms with van der Waals surface area (Å²) in [6, 6.07) is 0. The summed E-state index contributed by atoms with van der Waals surface area (Å²) < 4.78 is 0. The number of aliphatic imine (C=N–C) groups is 1. The first kappa shape index (κ1) is 7.24. The van der Waals surface area contributed by atoms with Gasteiger partial charge in [0.1, 0.15) is 0 Å². The lowest BCUT2D eigenvalue weighted by Crippen LogP contribution is -2.34. The van der Waals surface area contributed by atoms with E-state index in [4.69, 9.17) is 5.73 Å². The number of nitrogens with two attached hydrogens (primary N) is 1. The monoisotopic (exact) mass is 162 g/mol. The molecule has 1 aromatic rings. The predicted molar refractivity (Wildman–Crippen MR) is 48.4 cm³/mol. The highest BCUT2D eigenvalue weighted by Crippen LogP contribution is 2.19. The van der Waals surface area contributed by atoms with Crippen LogP contribution in [0.1, 0.15) is 12.6 Å². The Hall–Kier alpha value is -1.42. The van der Waals surface area contributed by atoms with Crippen LogP contribution in [0.25, 0.3) is 6.08 Å². The van der Waals surface area contributed by atoms with E-state index in [0.29, 0.717) is 5.82 Å². The molecule has 3 N–H and O–H groups in total. The van der Waals surface area contributed by atoms with Crippen molar-refractivity contribution in [2.45, 2.75) is 12.5 Å². The van der Waals surface area contributed by atoms with Gasteiger partial charge in [0.25, 0.3) is 0 Å². The van der Waals surface area contributed by atoms with E-state index in [-0.39, 0.29) is 0 Å². The van der Waals surface area contributed by atoms with Crippen molar-refractivity contribution in [3.8, 4) is 0 Å². The van der Waals surface area contributed by atoms with Crippen molar-refractivity contribution in [2.75, 3.05) is 0 Å². The number of imidazole rings is 1. The number of hydrogen-bond donors (Lipinski definition) is 2. The average Bonchev–Trinajstić information content (AvgIpc) is 2.40. The molecule has 1 unspecified atom stereocenters. The molecule has 0 bridgehead atoms. The molecule has 0 radical (unpaired) electrons. The number of rotatable bonds is 0. The maximum Gasteiger partial charge on any atom is 0.177 e. The fourth-order valence-corrected chi connectivity index (χ4v) is 1.03. The summed E-state index contributed by atoms with van der Waals surface area (Å²) in [5, 5.41) is 0. The second-order valence-corrected chi connectivity index (χ2v) is 3.10. The van der Waals surface area contributed by atoms with E-state index in [0.717, 1.165) is 5.69 Å². The number of fused-ring (bicyclic) bond motifs is 1. The van der Waals surface area contributed by atoms with Crippen LogP contribution in [-0.2, 0) is 0 Å². The molecule has 1 atom stereocenters. The number of aromatic nitrogens is 2. The zero-order valence-electron chi connectivity index (χ0n) is 6.78. The Bertz CT molecular complexity index is 315. The Morgan fingerprint density at radius 1 is 1.58 bits per heavy atom. The van der Waals surface area contributed by atoms with E-state index in [1.165, 1.54) is 0 Å². The summed E-state index contributed by atoms with van der Waals surface area (Å²) in [5.41, 5.74) is 6.27. The van der Waals surface area contributed by atoms with Gasteiger partial charge in [-0.2, -0.15) is 0 Å². The number of nitrogens with one attached hydrogen (secondary N) is 1. The van der Waals surface area contributed by atoms with E-state index in [1.54, 1.807) is 12.5 Å². The summed E-state index contributed by atoms with van der Waals surface area (Å²) in [7, 11) is 0. The molecule has 0 amide bonds. The van der Waals surface area contributed by atoms with Crippen molar-refractivity contribution in [1.29, 1.82) is 0 Å². The van der Waals surface area contributed by atoms with Crippen LogP contribution in [0.2, 0.25) is 0 Å². The summed E-state index contributed by atoms with van der Waals surface area (Å²) in [4.78, 5) is 11.1. The van der Waals surface area contributed by atoms with Crippen molar-refractivity contribution >= 4 is 18.1 Å². The zero-order chi connectivity index (χ0) is 8.60. The van der Waals surface area contributed by atoms with Gasteiger partial charge in [-0.3, -0.25) is 0 Å². The minimum Gasteiger partial charge on any atom is -0.343 e. The smallest absolute Gasteiger partial charge is 0.177 e. The molecule has 2 rings (SSSR count). The highest BCUT2D eigenvalue weighted by molar-refractivity contribution is 5.80. The van der Waals surface area contributed by atoms with Gasteiger partial charge in [0, 0.05) is 6.21 Å². The molecule has 0 aromatic carbocycles. The van der Waals surface area contributed by atoms with Crippen LogP contribution in [-0.4, -0.2) is 21.7 Å². The molecule has 0 saturated heterocycles. The van der Waals surface area contributed by atoms with E-state index in [2.05, 4.69) is 15.0 Å². The summed E-state index contributed by atoms with van der Waals surface area (Å²) in [6.07, 6.45) is 7.09. The van der Waals surface area contributed by atoms with E-state index in [1.807, 2.05) is 19.1 Å². The fraction of sp³-hybridized carbons (Fsp3) is 0.250. The van der Waals surface area contributed by atoms with Crippen molar-refractivity contribution in [2.24, 2.45) is 10.7 Å². The van der Waals surface area contributed by atoms with Crippen LogP contribution >= 0.6 is 0 Å². The van der Waals surface area contributed by atoms with Crippen molar-refractivity contribution in [3.05, 3.63) is 18.1 Å². The lowest BCUT2D eigenvalue weighted by atomic mass is 10.1. The average molecular weight is 162 g/mol. The van der Waals surface area contributed by atoms with Gasteiger partial charge in [-0.25, -0.2) is 9.98 Å². The molecule has 0 aliphatic carbocycles. The molecule has 4 nitrogen and oxygen atoms in total. The quantitative estimate of drug-likeness (QED) is 0.594. The van der Waals surface area contributed by atoms with Crippen LogP contribution in [0.15, 0.2) is 17.4 Å². The van der Waals surface area contributed by atoms with Crippen molar-refractivity contribution in [1.82, 2.24) is 9.97 Å². The van der Waals surface area contributed by atoms with Crippen LogP contribution in [0.5, 0.6) is 0 Å². The van der Waals surface area contributed by atoms with E-state index in [9.17, 15) is 0 Å².